The first-order chi connectivity index (χ1) is 15.4. The fourth-order valence-electron chi connectivity index (χ4n) is 3.08. The van der Waals surface area contributed by atoms with Gasteiger partial charge in [-0.2, -0.15) is 0 Å². The molecule has 2 amide bonds. The first kappa shape index (κ1) is 23.1. The molecule has 3 aromatic carbocycles. The second kappa shape index (κ2) is 10.6. The molecular formula is C25H24N2O4S. The van der Waals surface area contributed by atoms with Crippen LogP contribution in [-0.4, -0.2) is 28.1 Å². The summed E-state index contributed by atoms with van der Waals surface area (Å²) in [5.74, 6) is -1.46. The minimum atomic E-state index is -1.05. The highest BCUT2D eigenvalue weighted by Crippen LogP contribution is 2.29. The molecular weight excluding hydrogens is 424 g/mol. The monoisotopic (exact) mass is 448 g/mol. The van der Waals surface area contributed by atoms with Gasteiger partial charge >= 0.3 is 5.97 Å². The number of nitrogens with one attached hydrogen (secondary N) is 2. The summed E-state index contributed by atoms with van der Waals surface area (Å²) in [6.45, 7) is 3.84. The van der Waals surface area contributed by atoms with Gasteiger partial charge in [-0.05, 0) is 61.9 Å². The van der Waals surface area contributed by atoms with Crippen molar-refractivity contribution in [3.8, 4) is 0 Å². The molecule has 0 aromatic heterocycles. The highest BCUT2D eigenvalue weighted by Gasteiger charge is 2.19. The minimum absolute atomic E-state index is 0.112. The van der Waals surface area contributed by atoms with Crippen LogP contribution in [0.1, 0.15) is 39.6 Å². The van der Waals surface area contributed by atoms with Gasteiger partial charge in [-0.15, -0.1) is 11.8 Å². The number of amides is 2. The Balaban J connectivity index is 1.67. The van der Waals surface area contributed by atoms with Gasteiger partial charge in [0.05, 0.1) is 10.8 Å². The van der Waals surface area contributed by atoms with Gasteiger partial charge in [-0.25, -0.2) is 4.79 Å². The highest BCUT2D eigenvalue weighted by atomic mass is 32.2. The summed E-state index contributed by atoms with van der Waals surface area (Å²) in [5.41, 5.74) is 2.78. The molecule has 3 N–H and O–H groups in total. The van der Waals surface area contributed by atoms with Crippen LogP contribution in [0.25, 0.3) is 0 Å². The van der Waals surface area contributed by atoms with Crippen molar-refractivity contribution < 1.29 is 19.5 Å². The van der Waals surface area contributed by atoms with Crippen molar-refractivity contribution in [3.63, 3.8) is 0 Å². The Hall–Kier alpha value is -3.58. The molecule has 0 fully saturated rings. The van der Waals surface area contributed by atoms with E-state index in [9.17, 15) is 14.4 Å². The van der Waals surface area contributed by atoms with Crippen molar-refractivity contribution in [2.75, 3.05) is 10.6 Å². The van der Waals surface area contributed by atoms with E-state index in [4.69, 9.17) is 5.11 Å². The van der Waals surface area contributed by atoms with E-state index in [1.54, 1.807) is 24.3 Å². The van der Waals surface area contributed by atoms with E-state index in [2.05, 4.69) is 10.6 Å². The molecule has 0 spiro atoms. The Bertz CT molecular complexity index is 1150. The van der Waals surface area contributed by atoms with Crippen LogP contribution < -0.4 is 10.6 Å². The maximum absolute atomic E-state index is 12.8. The normalized spacial score (nSPS) is 11.4. The summed E-state index contributed by atoms with van der Waals surface area (Å²) in [6, 6.07) is 20.9. The van der Waals surface area contributed by atoms with Crippen molar-refractivity contribution in [2.24, 2.45) is 0 Å². The minimum Gasteiger partial charge on any atom is -0.478 e. The van der Waals surface area contributed by atoms with Gasteiger partial charge in [0, 0.05) is 21.8 Å². The Morgan fingerprint density at radius 3 is 2.22 bits per heavy atom. The number of aromatic carboxylic acids is 1. The third-order valence-corrected chi connectivity index (χ3v) is 6.05. The number of carbonyl (C=O) groups excluding carboxylic acids is 2. The second-order valence-corrected chi connectivity index (χ2v) is 8.52. The fraction of sp³-hybridized carbons (Fsp3) is 0.160. The molecule has 1 atom stereocenters. The van der Waals surface area contributed by atoms with E-state index in [1.807, 2.05) is 50.2 Å². The number of anilines is 2. The van der Waals surface area contributed by atoms with E-state index in [-0.39, 0.29) is 22.6 Å². The largest absolute Gasteiger partial charge is 0.478 e. The number of carboxylic acids is 1. The topological polar surface area (TPSA) is 95.5 Å². The fourth-order valence-corrected chi connectivity index (χ4v) is 4.09. The number of thioether (sulfide) groups is 1. The van der Waals surface area contributed by atoms with E-state index in [0.29, 0.717) is 23.4 Å². The van der Waals surface area contributed by atoms with E-state index in [0.717, 1.165) is 10.5 Å². The predicted octanol–water partition coefficient (Wildman–Crippen LogP) is 5.45. The lowest BCUT2D eigenvalue weighted by molar-refractivity contribution is -0.115. The van der Waals surface area contributed by atoms with Crippen molar-refractivity contribution in [2.45, 2.75) is 30.4 Å². The average Bonchev–Trinajstić information content (AvgIpc) is 2.77. The van der Waals surface area contributed by atoms with E-state index < -0.39 is 5.97 Å². The molecule has 0 saturated heterocycles. The standard InChI is InChI=1S/C25H24N2O4S/c1-3-22(24(29)27-19-10-5-9-18(14-19)25(30)31)32-21-12-6-11-20(15-21)26-23(28)17-8-4-7-16(2)13-17/h4-15,22H,3H2,1-2H3,(H,26,28)(H,27,29)(H,30,31). The van der Waals surface area contributed by atoms with Crippen LogP contribution in [0.3, 0.4) is 0 Å². The Kier molecular flexibility index (Phi) is 7.68. The SMILES string of the molecule is CCC(Sc1cccc(NC(=O)c2cccc(C)c2)c1)C(=O)Nc1cccc(C(=O)O)c1. The Morgan fingerprint density at radius 2 is 1.53 bits per heavy atom. The first-order valence-corrected chi connectivity index (χ1v) is 11.0. The van der Waals surface area contributed by atoms with Gasteiger partial charge in [-0.1, -0.05) is 36.8 Å². The molecule has 0 bridgehead atoms. The summed E-state index contributed by atoms with van der Waals surface area (Å²) >= 11 is 1.39. The first-order valence-electron chi connectivity index (χ1n) is 10.1. The van der Waals surface area contributed by atoms with Gasteiger partial charge < -0.3 is 15.7 Å². The molecule has 6 nitrogen and oxygen atoms in total. The van der Waals surface area contributed by atoms with E-state index in [1.165, 1.54) is 23.9 Å². The number of carbonyl (C=O) groups is 3. The zero-order valence-electron chi connectivity index (χ0n) is 17.8. The zero-order chi connectivity index (χ0) is 23.1. The van der Waals surface area contributed by atoms with Gasteiger partial charge in [0.2, 0.25) is 5.91 Å². The van der Waals surface area contributed by atoms with E-state index >= 15 is 0 Å². The maximum Gasteiger partial charge on any atom is 0.335 e. The molecule has 3 rings (SSSR count). The molecule has 0 heterocycles. The Labute approximate surface area is 191 Å². The van der Waals surface area contributed by atoms with Crippen molar-refractivity contribution in [1.82, 2.24) is 0 Å². The summed E-state index contributed by atoms with van der Waals surface area (Å²) in [4.78, 5) is 37.3. The van der Waals surface area contributed by atoms with Crippen molar-refractivity contribution in [3.05, 3.63) is 89.5 Å². The quantitative estimate of drug-likeness (QED) is 0.398. The molecule has 7 heteroatoms. The Morgan fingerprint density at radius 1 is 0.875 bits per heavy atom. The number of carboxylic acid groups (broad SMARTS) is 1. The number of hydrogen-bond donors (Lipinski definition) is 3. The summed E-state index contributed by atoms with van der Waals surface area (Å²) in [6.07, 6.45) is 0.578. The third-order valence-electron chi connectivity index (χ3n) is 4.69. The van der Waals surface area contributed by atoms with Crippen molar-refractivity contribution >= 4 is 40.9 Å². The van der Waals surface area contributed by atoms with Crippen molar-refractivity contribution in [1.29, 1.82) is 0 Å². The maximum atomic E-state index is 12.8. The number of hydrogen-bond acceptors (Lipinski definition) is 4. The smallest absolute Gasteiger partial charge is 0.335 e. The van der Waals surface area contributed by atoms with Crippen LogP contribution in [0.2, 0.25) is 0 Å². The van der Waals surface area contributed by atoms with Gasteiger partial charge in [0.25, 0.3) is 5.91 Å². The lowest BCUT2D eigenvalue weighted by Crippen LogP contribution is -2.24. The molecule has 0 aliphatic rings. The predicted molar refractivity (Wildman–Crippen MR) is 128 cm³/mol. The molecule has 1 unspecified atom stereocenters. The third kappa shape index (κ3) is 6.21. The summed E-state index contributed by atoms with van der Waals surface area (Å²) in [7, 11) is 0. The summed E-state index contributed by atoms with van der Waals surface area (Å²) < 4.78 is 0. The average molecular weight is 449 g/mol. The van der Waals surface area contributed by atoms with Crippen LogP contribution in [-0.2, 0) is 4.79 Å². The molecule has 0 radical (unpaired) electrons. The number of benzene rings is 3. The van der Waals surface area contributed by atoms with Crippen LogP contribution >= 0.6 is 11.8 Å². The molecule has 0 saturated carbocycles. The lowest BCUT2D eigenvalue weighted by atomic mass is 10.1. The van der Waals surface area contributed by atoms with Gasteiger partial charge in [-0.3, -0.25) is 9.59 Å². The van der Waals surface area contributed by atoms with Crippen LogP contribution in [0, 0.1) is 6.92 Å². The molecule has 164 valence electrons. The van der Waals surface area contributed by atoms with Gasteiger partial charge in [0.15, 0.2) is 0 Å². The second-order valence-electron chi connectivity index (χ2n) is 7.24. The zero-order valence-corrected chi connectivity index (χ0v) is 18.6. The van der Waals surface area contributed by atoms with Crippen LogP contribution in [0.4, 0.5) is 11.4 Å². The molecule has 0 aliphatic heterocycles. The molecule has 3 aromatic rings. The number of rotatable bonds is 8. The lowest BCUT2D eigenvalue weighted by Gasteiger charge is -2.16. The van der Waals surface area contributed by atoms with Crippen LogP contribution in [0.5, 0.6) is 0 Å². The number of aryl methyl sites for hydroxylation is 1. The highest BCUT2D eigenvalue weighted by molar-refractivity contribution is 8.00. The van der Waals surface area contributed by atoms with Crippen LogP contribution in [0.15, 0.2) is 77.7 Å². The molecule has 0 aliphatic carbocycles. The van der Waals surface area contributed by atoms with Gasteiger partial charge in [0.1, 0.15) is 0 Å². The molecule has 32 heavy (non-hydrogen) atoms. The summed E-state index contributed by atoms with van der Waals surface area (Å²) in [5, 5.41) is 14.4.